The lowest BCUT2D eigenvalue weighted by atomic mass is 10.1. The maximum atomic E-state index is 12.5. The average Bonchev–Trinajstić information content (AvgIpc) is 3.19. The number of esters is 1. The minimum Gasteiger partial charge on any atom is -0.461 e. The maximum Gasteiger partial charge on any atom is 0.358 e. The van der Waals surface area contributed by atoms with Gasteiger partial charge in [0.1, 0.15) is 0 Å². The van der Waals surface area contributed by atoms with Gasteiger partial charge in [-0.3, -0.25) is 4.79 Å². The lowest BCUT2D eigenvalue weighted by molar-refractivity contribution is 0.0518. The summed E-state index contributed by atoms with van der Waals surface area (Å²) in [5.74, 6) is -0.558. The van der Waals surface area contributed by atoms with E-state index in [0.29, 0.717) is 12.1 Å². The Hall–Kier alpha value is -3.67. The maximum absolute atomic E-state index is 12.5. The number of hydrogen-bond donors (Lipinski definition) is 0. The van der Waals surface area contributed by atoms with Gasteiger partial charge in [-0.05, 0) is 49.7 Å². The van der Waals surface area contributed by atoms with Crippen LogP contribution >= 0.6 is 0 Å². The van der Waals surface area contributed by atoms with Crippen LogP contribution in [-0.4, -0.2) is 46.8 Å². The second kappa shape index (κ2) is 9.22. The van der Waals surface area contributed by atoms with Crippen molar-refractivity contribution in [2.24, 2.45) is 0 Å². The highest BCUT2D eigenvalue weighted by molar-refractivity contribution is 5.94. The first kappa shape index (κ1) is 21.0. The zero-order chi connectivity index (χ0) is 21.7. The molecule has 1 heterocycles. The second-order valence-electron chi connectivity index (χ2n) is 6.88. The van der Waals surface area contributed by atoms with Gasteiger partial charge in [0, 0.05) is 24.7 Å². The summed E-state index contributed by atoms with van der Waals surface area (Å²) < 4.78 is 6.83. The number of nitrogens with zero attached hydrogens (tertiary/aromatic N) is 3. The Balaban J connectivity index is 2.04. The van der Waals surface area contributed by atoms with E-state index in [1.54, 1.807) is 47.8 Å². The van der Waals surface area contributed by atoms with E-state index in [-0.39, 0.29) is 18.2 Å². The molecule has 0 fully saturated rings. The molecule has 0 N–H and O–H groups in total. The van der Waals surface area contributed by atoms with Crippen LogP contribution in [-0.2, 0) is 4.74 Å². The topological polar surface area (TPSA) is 64.4 Å². The molecule has 1 amide bonds. The first-order valence-electron chi connectivity index (χ1n) is 9.76. The van der Waals surface area contributed by atoms with E-state index in [0.717, 1.165) is 22.5 Å². The SMILES string of the molecule is C=CCN(C)C(=O)c1ccc(-n2nc(C(=O)OCC)cc2-c2ccccc2C)cc1. The van der Waals surface area contributed by atoms with Gasteiger partial charge in [0.2, 0.25) is 0 Å². The highest BCUT2D eigenvalue weighted by atomic mass is 16.5. The fourth-order valence-corrected chi connectivity index (χ4v) is 3.18. The van der Waals surface area contributed by atoms with E-state index in [1.807, 2.05) is 43.3 Å². The van der Waals surface area contributed by atoms with Gasteiger partial charge in [0.05, 0.1) is 18.0 Å². The molecule has 0 unspecified atom stereocenters. The van der Waals surface area contributed by atoms with Crippen LogP contribution in [0.15, 0.2) is 67.3 Å². The van der Waals surface area contributed by atoms with Crippen LogP contribution in [0.1, 0.15) is 33.3 Å². The first-order chi connectivity index (χ1) is 14.5. The van der Waals surface area contributed by atoms with Crippen LogP contribution in [0.5, 0.6) is 0 Å². The molecule has 0 aliphatic carbocycles. The Morgan fingerprint density at radius 3 is 2.50 bits per heavy atom. The smallest absolute Gasteiger partial charge is 0.358 e. The largest absolute Gasteiger partial charge is 0.461 e. The van der Waals surface area contributed by atoms with Crippen LogP contribution in [0.4, 0.5) is 0 Å². The number of rotatable bonds is 7. The Labute approximate surface area is 176 Å². The van der Waals surface area contributed by atoms with Crippen molar-refractivity contribution in [3.8, 4) is 16.9 Å². The zero-order valence-electron chi connectivity index (χ0n) is 17.5. The molecule has 0 aliphatic heterocycles. The van der Waals surface area contributed by atoms with Crippen molar-refractivity contribution >= 4 is 11.9 Å². The number of carbonyl (C=O) groups is 2. The van der Waals surface area contributed by atoms with E-state index in [9.17, 15) is 9.59 Å². The molecule has 0 bridgehead atoms. The summed E-state index contributed by atoms with van der Waals surface area (Å²) in [4.78, 5) is 26.3. The summed E-state index contributed by atoms with van der Waals surface area (Å²) in [7, 11) is 1.73. The molecule has 6 nitrogen and oxygen atoms in total. The predicted octanol–water partition coefficient (Wildman–Crippen LogP) is 4.28. The van der Waals surface area contributed by atoms with Crippen molar-refractivity contribution < 1.29 is 14.3 Å². The molecular formula is C24H25N3O3. The van der Waals surface area contributed by atoms with E-state index in [1.165, 1.54) is 0 Å². The molecule has 3 rings (SSSR count). The molecule has 0 aliphatic rings. The van der Waals surface area contributed by atoms with Gasteiger partial charge in [-0.2, -0.15) is 5.10 Å². The standard InChI is InChI=1S/C24H25N3O3/c1-5-15-26(4)23(28)18-11-13-19(14-12-18)27-22(20-10-8-7-9-17(20)3)16-21(25-27)24(29)30-6-2/h5,7-14,16H,1,6,15H2,2-4H3. The highest BCUT2D eigenvalue weighted by Crippen LogP contribution is 2.27. The fraction of sp³-hybridized carbons (Fsp3) is 0.208. The van der Waals surface area contributed by atoms with Crippen LogP contribution in [0, 0.1) is 6.92 Å². The zero-order valence-corrected chi connectivity index (χ0v) is 17.5. The van der Waals surface area contributed by atoms with Crippen molar-refractivity contribution in [1.29, 1.82) is 0 Å². The summed E-state index contributed by atoms with van der Waals surface area (Å²) in [5, 5.41) is 4.49. The van der Waals surface area contributed by atoms with Crippen LogP contribution in [0.2, 0.25) is 0 Å². The monoisotopic (exact) mass is 403 g/mol. The van der Waals surface area contributed by atoms with Gasteiger partial charge in [0.25, 0.3) is 5.91 Å². The molecular weight excluding hydrogens is 378 g/mol. The molecule has 0 saturated heterocycles. The van der Waals surface area contributed by atoms with Crippen molar-refractivity contribution in [3.63, 3.8) is 0 Å². The number of carbonyl (C=O) groups excluding carboxylic acids is 2. The molecule has 0 radical (unpaired) electrons. The molecule has 0 atom stereocenters. The number of aromatic nitrogens is 2. The molecule has 30 heavy (non-hydrogen) atoms. The van der Waals surface area contributed by atoms with Gasteiger partial charge in [-0.25, -0.2) is 9.48 Å². The van der Waals surface area contributed by atoms with Gasteiger partial charge in [-0.1, -0.05) is 30.3 Å². The van der Waals surface area contributed by atoms with Crippen molar-refractivity contribution in [3.05, 3.63) is 84.1 Å². The summed E-state index contributed by atoms with van der Waals surface area (Å²) in [5.41, 5.74) is 4.35. The van der Waals surface area contributed by atoms with E-state index in [4.69, 9.17) is 4.74 Å². The van der Waals surface area contributed by atoms with Gasteiger partial charge in [-0.15, -0.1) is 6.58 Å². The van der Waals surface area contributed by atoms with Gasteiger partial charge < -0.3 is 9.64 Å². The second-order valence-corrected chi connectivity index (χ2v) is 6.88. The van der Waals surface area contributed by atoms with E-state index >= 15 is 0 Å². The number of benzene rings is 2. The minimum absolute atomic E-state index is 0.0896. The van der Waals surface area contributed by atoms with Crippen LogP contribution in [0.3, 0.4) is 0 Å². The number of hydrogen-bond acceptors (Lipinski definition) is 4. The van der Waals surface area contributed by atoms with E-state index < -0.39 is 5.97 Å². The lowest BCUT2D eigenvalue weighted by Crippen LogP contribution is -2.26. The molecule has 3 aromatic rings. The Morgan fingerprint density at radius 1 is 1.17 bits per heavy atom. The lowest BCUT2D eigenvalue weighted by Gasteiger charge is -2.15. The molecule has 154 valence electrons. The van der Waals surface area contributed by atoms with Crippen LogP contribution in [0.25, 0.3) is 16.9 Å². The summed E-state index contributed by atoms with van der Waals surface area (Å²) >= 11 is 0. The summed E-state index contributed by atoms with van der Waals surface area (Å²) in [6.45, 7) is 8.18. The first-order valence-corrected chi connectivity index (χ1v) is 9.76. The Kier molecular flexibility index (Phi) is 6.47. The van der Waals surface area contributed by atoms with Crippen molar-refractivity contribution in [1.82, 2.24) is 14.7 Å². The average molecular weight is 403 g/mol. The molecule has 0 saturated carbocycles. The minimum atomic E-state index is -0.469. The highest BCUT2D eigenvalue weighted by Gasteiger charge is 2.19. The number of likely N-dealkylation sites (N-methyl/N-ethyl adjacent to an activating group) is 1. The Bertz CT molecular complexity index is 1070. The molecule has 6 heteroatoms. The van der Waals surface area contributed by atoms with Crippen molar-refractivity contribution in [2.45, 2.75) is 13.8 Å². The number of aryl methyl sites for hydroxylation is 1. The number of ether oxygens (including phenoxy) is 1. The van der Waals surface area contributed by atoms with Gasteiger partial charge in [0.15, 0.2) is 5.69 Å². The predicted molar refractivity (Wildman–Crippen MR) is 117 cm³/mol. The number of amides is 1. The summed E-state index contributed by atoms with van der Waals surface area (Å²) in [6.07, 6.45) is 1.68. The van der Waals surface area contributed by atoms with Crippen molar-refractivity contribution in [2.75, 3.05) is 20.2 Å². The third kappa shape index (κ3) is 4.33. The molecule has 2 aromatic carbocycles. The third-order valence-corrected chi connectivity index (χ3v) is 4.72. The Morgan fingerprint density at radius 2 is 1.87 bits per heavy atom. The summed E-state index contributed by atoms with van der Waals surface area (Å²) in [6, 6.07) is 16.8. The quantitative estimate of drug-likeness (QED) is 0.436. The molecule has 1 aromatic heterocycles. The fourth-order valence-electron chi connectivity index (χ4n) is 3.18. The normalized spacial score (nSPS) is 10.5. The van der Waals surface area contributed by atoms with Crippen LogP contribution < -0.4 is 0 Å². The molecule has 0 spiro atoms. The third-order valence-electron chi connectivity index (χ3n) is 4.72. The van der Waals surface area contributed by atoms with E-state index in [2.05, 4.69) is 11.7 Å². The van der Waals surface area contributed by atoms with Gasteiger partial charge >= 0.3 is 5.97 Å².